The molecular weight excluding hydrogens is 451 g/mol. The zero-order valence-electron chi connectivity index (χ0n) is 17.6. The van der Waals surface area contributed by atoms with Crippen molar-refractivity contribution in [2.75, 3.05) is 24.3 Å². The largest absolute Gasteiger partial charge is 0.451 e. The molecule has 1 amide bonds. The Balaban J connectivity index is 1.50. The Labute approximate surface area is 192 Å². The molecule has 0 spiro atoms. The van der Waals surface area contributed by atoms with Crippen molar-refractivity contribution in [1.29, 1.82) is 0 Å². The predicted molar refractivity (Wildman–Crippen MR) is 119 cm³/mol. The smallest absolute Gasteiger partial charge is 0.357 e. The van der Waals surface area contributed by atoms with E-state index in [1.165, 1.54) is 63.8 Å². The summed E-state index contributed by atoms with van der Waals surface area (Å²) in [6.45, 7) is -0.0796. The third kappa shape index (κ3) is 4.58. The second kappa shape index (κ2) is 9.41. The van der Waals surface area contributed by atoms with Gasteiger partial charge in [0.05, 0.1) is 11.1 Å². The van der Waals surface area contributed by atoms with Crippen molar-refractivity contribution < 1.29 is 23.6 Å². The number of carbonyl (C=O) groups is 2. The number of ether oxygens (including phenoxy) is 1. The normalized spacial score (nSPS) is 12.8. The number of carbonyl (C=O) groups excluding carboxylic acids is 2. The van der Waals surface area contributed by atoms with Gasteiger partial charge in [-0.2, -0.15) is 0 Å². The highest BCUT2D eigenvalue weighted by molar-refractivity contribution is 7.98. The van der Waals surface area contributed by atoms with Crippen molar-refractivity contribution in [2.45, 2.75) is 18.0 Å². The molecule has 0 unspecified atom stereocenters. The summed E-state index contributed by atoms with van der Waals surface area (Å²) in [6, 6.07) is 9.94. The van der Waals surface area contributed by atoms with Crippen molar-refractivity contribution in [2.24, 2.45) is 0 Å². The van der Waals surface area contributed by atoms with Crippen LogP contribution in [-0.2, 0) is 16.0 Å². The van der Waals surface area contributed by atoms with Gasteiger partial charge in [0.2, 0.25) is 0 Å². The molecule has 1 aliphatic heterocycles. The van der Waals surface area contributed by atoms with Gasteiger partial charge in [0.15, 0.2) is 17.5 Å². The maximum absolute atomic E-state index is 13.3. The molecule has 33 heavy (non-hydrogen) atoms. The number of thioether (sulfide) groups is 1. The average molecular weight is 470 g/mol. The number of hydrogen-bond donors (Lipinski definition) is 0. The van der Waals surface area contributed by atoms with Gasteiger partial charge in [-0.1, -0.05) is 11.8 Å². The van der Waals surface area contributed by atoms with E-state index in [4.69, 9.17) is 4.74 Å². The van der Waals surface area contributed by atoms with Crippen molar-refractivity contribution in [3.63, 3.8) is 0 Å². The van der Waals surface area contributed by atoms with Crippen molar-refractivity contribution in [1.82, 2.24) is 9.55 Å². The number of nitrogens with zero attached hydrogens (tertiary/aromatic N) is 4. The van der Waals surface area contributed by atoms with Crippen LogP contribution in [0.1, 0.15) is 22.5 Å². The van der Waals surface area contributed by atoms with Crippen LogP contribution < -0.4 is 4.90 Å². The first-order valence-electron chi connectivity index (χ1n) is 10.0. The molecule has 2 aromatic carbocycles. The number of hydrogen-bond acceptors (Lipinski definition) is 7. The van der Waals surface area contributed by atoms with Gasteiger partial charge in [-0.3, -0.25) is 19.5 Å². The molecule has 0 N–H and O–H groups in total. The standard InChI is InChI=1S/C22H19FN4O5S/c1-33-22-24-12-19(26(22)16-6-4-15(23)5-7-16)21(29)32-13-20(28)25-10-2-3-14-11-17(27(30)31)8-9-18(14)25/h4-9,11-12H,2-3,10,13H2,1H3. The summed E-state index contributed by atoms with van der Waals surface area (Å²) in [7, 11) is 0. The zero-order valence-corrected chi connectivity index (χ0v) is 18.4. The number of anilines is 1. The Morgan fingerprint density at radius 1 is 1.24 bits per heavy atom. The number of nitro benzene ring substituents is 1. The van der Waals surface area contributed by atoms with Crippen LogP contribution >= 0.6 is 11.8 Å². The van der Waals surface area contributed by atoms with Gasteiger partial charge in [-0.05, 0) is 55.0 Å². The molecule has 0 radical (unpaired) electrons. The van der Waals surface area contributed by atoms with Crippen LogP contribution in [-0.4, -0.2) is 45.8 Å². The molecule has 170 valence electrons. The fourth-order valence-electron chi connectivity index (χ4n) is 3.70. The lowest BCUT2D eigenvalue weighted by Crippen LogP contribution is -2.38. The maximum atomic E-state index is 13.3. The number of aromatic nitrogens is 2. The summed E-state index contributed by atoms with van der Waals surface area (Å²) in [5.74, 6) is -1.59. The van der Waals surface area contributed by atoms with E-state index in [9.17, 15) is 24.1 Å². The fourth-order valence-corrected chi connectivity index (χ4v) is 4.24. The Bertz CT molecular complexity index is 1230. The van der Waals surface area contributed by atoms with Crippen LogP contribution in [0.15, 0.2) is 53.8 Å². The van der Waals surface area contributed by atoms with Gasteiger partial charge in [-0.15, -0.1) is 0 Å². The summed E-state index contributed by atoms with van der Waals surface area (Å²) in [5, 5.41) is 11.5. The summed E-state index contributed by atoms with van der Waals surface area (Å²) < 4.78 is 20.1. The summed E-state index contributed by atoms with van der Waals surface area (Å²) >= 11 is 1.30. The summed E-state index contributed by atoms with van der Waals surface area (Å²) in [6.07, 6.45) is 4.40. The zero-order chi connectivity index (χ0) is 23.5. The van der Waals surface area contributed by atoms with Crippen molar-refractivity contribution >= 4 is 35.0 Å². The number of rotatable bonds is 6. The Morgan fingerprint density at radius 2 is 2.00 bits per heavy atom. The first kappa shape index (κ1) is 22.5. The molecule has 1 aliphatic rings. The molecule has 0 saturated heterocycles. The number of amides is 1. The van der Waals surface area contributed by atoms with Gasteiger partial charge in [0, 0.05) is 30.1 Å². The quantitative estimate of drug-likeness (QED) is 0.234. The molecule has 11 heteroatoms. The average Bonchev–Trinajstić information content (AvgIpc) is 3.26. The lowest BCUT2D eigenvalue weighted by atomic mass is 10.0. The molecule has 2 heterocycles. The van der Waals surface area contributed by atoms with E-state index in [1.54, 1.807) is 12.3 Å². The second-order valence-electron chi connectivity index (χ2n) is 7.24. The summed E-state index contributed by atoms with van der Waals surface area (Å²) in [5.41, 5.74) is 1.88. The molecule has 0 saturated carbocycles. The van der Waals surface area contributed by atoms with Crippen LogP contribution in [0.5, 0.6) is 0 Å². The topological polar surface area (TPSA) is 108 Å². The minimum absolute atomic E-state index is 0.0341. The van der Waals surface area contributed by atoms with E-state index in [1.807, 2.05) is 0 Å². The molecule has 9 nitrogen and oxygen atoms in total. The van der Waals surface area contributed by atoms with Crippen LogP contribution in [0.4, 0.5) is 15.8 Å². The first-order valence-corrected chi connectivity index (χ1v) is 11.2. The second-order valence-corrected chi connectivity index (χ2v) is 8.01. The number of nitro groups is 1. The highest BCUT2D eigenvalue weighted by atomic mass is 32.2. The molecule has 4 rings (SSSR count). The van der Waals surface area contributed by atoms with E-state index >= 15 is 0 Å². The minimum Gasteiger partial charge on any atom is -0.451 e. The molecule has 3 aromatic rings. The Hall–Kier alpha value is -3.73. The summed E-state index contributed by atoms with van der Waals surface area (Å²) in [4.78, 5) is 41.8. The fraction of sp³-hybridized carbons (Fsp3) is 0.227. The molecule has 0 aliphatic carbocycles. The van der Waals surface area contributed by atoms with Crippen LogP contribution in [0.25, 0.3) is 5.69 Å². The van der Waals surface area contributed by atoms with E-state index in [0.29, 0.717) is 41.5 Å². The predicted octanol–water partition coefficient (Wildman–Crippen LogP) is 3.78. The third-order valence-electron chi connectivity index (χ3n) is 5.23. The number of halogens is 1. The number of non-ortho nitro benzene ring substituents is 1. The van der Waals surface area contributed by atoms with E-state index in [0.717, 1.165) is 0 Å². The molecule has 1 aromatic heterocycles. The SMILES string of the molecule is CSc1ncc(C(=O)OCC(=O)N2CCCc3cc([N+](=O)[O-])ccc32)n1-c1ccc(F)cc1. The molecular formula is C22H19FN4O5S. The molecule has 0 atom stereocenters. The lowest BCUT2D eigenvalue weighted by Gasteiger charge is -2.29. The van der Waals surface area contributed by atoms with Crippen LogP contribution in [0.2, 0.25) is 0 Å². The molecule has 0 bridgehead atoms. The number of esters is 1. The van der Waals surface area contributed by atoms with Gasteiger partial charge >= 0.3 is 5.97 Å². The van der Waals surface area contributed by atoms with Crippen LogP contribution in [0, 0.1) is 15.9 Å². The van der Waals surface area contributed by atoms with Gasteiger partial charge in [0.25, 0.3) is 11.6 Å². The van der Waals surface area contributed by atoms with Crippen LogP contribution in [0.3, 0.4) is 0 Å². The highest BCUT2D eigenvalue weighted by Gasteiger charge is 2.26. The van der Waals surface area contributed by atoms with E-state index in [-0.39, 0.29) is 11.4 Å². The monoisotopic (exact) mass is 470 g/mol. The number of benzene rings is 2. The van der Waals surface area contributed by atoms with Gasteiger partial charge in [0.1, 0.15) is 5.82 Å². The number of aryl methyl sites for hydroxylation is 1. The first-order chi connectivity index (χ1) is 15.9. The highest BCUT2D eigenvalue weighted by Crippen LogP contribution is 2.30. The Morgan fingerprint density at radius 3 is 2.70 bits per heavy atom. The van der Waals surface area contributed by atoms with Crippen molar-refractivity contribution in [3.05, 3.63) is 75.9 Å². The van der Waals surface area contributed by atoms with Crippen molar-refractivity contribution in [3.8, 4) is 5.69 Å². The maximum Gasteiger partial charge on any atom is 0.357 e. The van der Waals surface area contributed by atoms with E-state index in [2.05, 4.69) is 4.98 Å². The van der Waals surface area contributed by atoms with Gasteiger partial charge in [-0.25, -0.2) is 14.2 Å². The number of imidazole rings is 1. The third-order valence-corrected chi connectivity index (χ3v) is 5.88. The Kier molecular flexibility index (Phi) is 6.40. The van der Waals surface area contributed by atoms with E-state index < -0.39 is 29.2 Å². The molecule has 0 fully saturated rings. The number of fused-ring (bicyclic) bond motifs is 1. The lowest BCUT2D eigenvalue weighted by molar-refractivity contribution is -0.384. The van der Waals surface area contributed by atoms with Gasteiger partial charge < -0.3 is 9.64 Å². The minimum atomic E-state index is -0.749.